The van der Waals surface area contributed by atoms with Gasteiger partial charge in [-0.3, -0.25) is 14.5 Å². The zero-order valence-electron chi connectivity index (χ0n) is 17.3. The Hall–Kier alpha value is -2.92. The lowest BCUT2D eigenvalue weighted by atomic mass is 10.1. The highest BCUT2D eigenvalue weighted by molar-refractivity contribution is 5.94. The van der Waals surface area contributed by atoms with Gasteiger partial charge in [-0.25, -0.2) is 0 Å². The number of amides is 2. The van der Waals surface area contributed by atoms with E-state index in [9.17, 15) is 9.59 Å². The highest BCUT2D eigenvalue weighted by Crippen LogP contribution is 2.11. The molecule has 29 heavy (non-hydrogen) atoms. The van der Waals surface area contributed by atoms with Gasteiger partial charge in [0.15, 0.2) is 0 Å². The summed E-state index contributed by atoms with van der Waals surface area (Å²) in [6, 6.07) is 18.2. The molecule has 1 fully saturated rings. The molecule has 0 aromatic heterocycles. The van der Waals surface area contributed by atoms with E-state index in [0.29, 0.717) is 13.1 Å². The molecule has 0 radical (unpaired) electrons. The average molecular weight is 392 g/mol. The fourth-order valence-corrected chi connectivity index (χ4v) is 3.46. The molecule has 1 aliphatic heterocycles. The summed E-state index contributed by atoms with van der Waals surface area (Å²) in [6.45, 7) is 6.23. The summed E-state index contributed by atoms with van der Waals surface area (Å²) in [7, 11) is 1.67. The van der Waals surface area contributed by atoms with Crippen molar-refractivity contribution in [3.05, 3.63) is 77.4 Å². The molecule has 5 heteroatoms. The van der Waals surface area contributed by atoms with Gasteiger partial charge in [0.05, 0.1) is 6.54 Å². The van der Waals surface area contributed by atoms with Crippen LogP contribution in [-0.2, 0) is 16.1 Å². The number of nitrogens with zero attached hydrogens (tertiary/aromatic N) is 3. The second kappa shape index (κ2) is 10.0. The van der Waals surface area contributed by atoms with Crippen molar-refractivity contribution in [1.29, 1.82) is 0 Å². The molecule has 0 atom stereocenters. The maximum absolute atomic E-state index is 12.6. The van der Waals surface area contributed by atoms with E-state index in [2.05, 4.69) is 36.1 Å². The lowest BCUT2D eigenvalue weighted by molar-refractivity contribution is -0.138. The zero-order chi connectivity index (χ0) is 20.6. The van der Waals surface area contributed by atoms with Gasteiger partial charge in [0.1, 0.15) is 0 Å². The second-order valence-electron chi connectivity index (χ2n) is 7.58. The van der Waals surface area contributed by atoms with Gasteiger partial charge in [-0.2, -0.15) is 0 Å². The molecule has 0 saturated carbocycles. The summed E-state index contributed by atoms with van der Waals surface area (Å²) in [6.07, 6.45) is 3.29. The van der Waals surface area contributed by atoms with Crippen LogP contribution in [0.5, 0.6) is 0 Å². The molecular weight excluding hydrogens is 362 g/mol. The maximum atomic E-state index is 12.6. The van der Waals surface area contributed by atoms with E-state index in [0.717, 1.165) is 25.2 Å². The van der Waals surface area contributed by atoms with Crippen LogP contribution in [0.25, 0.3) is 6.08 Å². The van der Waals surface area contributed by atoms with Crippen LogP contribution in [0.3, 0.4) is 0 Å². The first-order chi connectivity index (χ1) is 14.0. The fraction of sp³-hybridized carbons (Fsp3) is 0.333. The van der Waals surface area contributed by atoms with Crippen molar-refractivity contribution in [2.24, 2.45) is 0 Å². The van der Waals surface area contributed by atoms with E-state index in [1.54, 1.807) is 13.1 Å². The van der Waals surface area contributed by atoms with Crippen LogP contribution in [-0.4, -0.2) is 66.3 Å². The minimum atomic E-state index is -0.166. The van der Waals surface area contributed by atoms with Crippen LogP contribution in [0.4, 0.5) is 0 Å². The Bertz CT molecular complexity index is 855. The molecular formula is C24H29N3O2. The van der Waals surface area contributed by atoms with Crippen molar-refractivity contribution in [3.63, 3.8) is 0 Å². The minimum absolute atomic E-state index is 0.00386. The number of hydrogen-bond donors (Lipinski definition) is 0. The van der Waals surface area contributed by atoms with Gasteiger partial charge in [0.2, 0.25) is 11.8 Å². The number of hydrogen-bond acceptors (Lipinski definition) is 3. The average Bonchev–Trinajstić information content (AvgIpc) is 2.73. The van der Waals surface area contributed by atoms with Crippen molar-refractivity contribution in [1.82, 2.24) is 14.7 Å². The lowest BCUT2D eigenvalue weighted by Crippen LogP contribution is -2.50. The number of carbonyl (C=O) groups is 2. The van der Waals surface area contributed by atoms with Crippen molar-refractivity contribution in [2.75, 3.05) is 39.8 Å². The molecule has 0 N–H and O–H groups in total. The second-order valence-corrected chi connectivity index (χ2v) is 7.58. The molecule has 2 aromatic carbocycles. The highest BCUT2D eigenvalue weighted by Gasteiger charge is 2.22. The smallest absolute Gasteiger partial charge is 0.246 e. The summed E-state index contributed by atoms with van der Waals surface area (Å²) >= 11 is 0. The number of likely N-dealkylation sites (N-methyl/N-ethyl adjacent to an activating group) is 1. The van der Waals surface area contributed by atoms with E-state index in [4.69, 9.17) is 0 Å². The van der Waals surface area contributed by atoms with E-state index < -0.39 is 0 Å². The van der Waals surface area contributed by atoms with Gasteiger partial charge in [0, 0.05) is 45.8 Å². The molecule has 1 saturated heterocycles. The summed E-state index contributed by atoms with van der Waals surface area (Å²) in [5.74, 6) is -0.163. The highest BCUT2D eigenvalue weighted by atomic mass is 16.2. The molecule has 1 aliphatic rings. The Morgan fingerprint density at radius 3 is 2.41 bits per heavy atom. The summed E-state index contributed by atoms with van der Waals surface area (Å²) in [5, 5.41) is 0. The minimum Gasteiger partial charge on any atom is -0.339 e. The summed E-state index contributed by atoms with van der Waals surface area (Å²) in [5.41, 5.74) is 3.54. The van der Waals surface area contributed by atoms with Gasteiger partial charge in [-0.15, -0.1) is 0 Å². The van der Waals surface area contributed by atoms with E-state index in [-0.39, 0.29) is 18.4 Å². The maximum Gasteiger partial charge on any atom is 0.246 e. The summed E-state index contributed by atoms with van der Waals surface area (Å²) < 4.78 is 0. The third-order valence-electron chi connectivity index (χ3n) is 5.18. The number of carbonyl (C=O) groups excluding carboxylic acids is 2. The molecule has 152 valence electrons. The third-order valence-corrected chi connectivity index (χ3v) is 5.18. The van der Waals surface area contributed by atoms with Crippen molar-refractivity contribution >= 4 is 17.9 Å². The van der Waals surface area contributed by atoms with E-state index in [1.165, 1.54) is 22.1 Å². The van der Waals surface area contributed by atoms with Crippen LogP contribution in [0.2, 0.25) is 0 Å². The van der Waals surface area contributed by atoms with E-state index >= 15 is 0 Å². The molecule has 0 bridgehead atoms. The van der Waals surface area contributed by atoms with Gasteiger partial charge in [-0.1, -0.05) is 60.2 Å². The van der Waals surface area contributed by atoms with Crippen LogP contribution >= 0.6 is 0 Å². The fourth-order valence-electron chi connectivity index (χ4n) is 3.46. The number of benzene rings is 2. The first-order valence-corrected chi connectivity index (χ1v) is 10.0. The van der Waals surface area contributed by atoms with Crippen LogP contribution in [0, 0.1) is 6.92 Å². The third kappa shape index (κ3) is 6.29. The van der Waals surface area contributed by atoms with Crippen molar-refractivity contribution in [2.45, 2.75) is 13.5 Å². The Kier molecular flexibility index (Phi) is 7.19. The van der Waals surface area contributed by atoms with Crippen molar-refractivity contribution in [3.8, 4) is 0 Å². The predicted molar refractivity (Wildman–Crippen MR) is 116 cm³/mol. The van der Waals surface area contributed by atoms with Crippen molar-refractivity contribution < 1.29 is 9.59 Å². The van der Waals surface area contributed by atoms with E-state index in [1.807, 2.05) is 35.2 Å². The zero-order valence-corrected chi connectivity index (χ0v) is 17.3. The molecule has 1 heterocycles. The largest absolute Gasteiger partial charge is 0.339 e. The summed E-state index contributed by atoms with van der Waals surface area (Å²) in [4.78, 5) is 30.6. The Morgan fingerprint density at radius 2 is 1.72 bits per heavy atom. The topological polar surface area (TPSA) is 43.9 Å². The van der Waals surface area contributed by atoms with Gasteiger partial charge in [0.25, 0.3) is 0 Å². The normalized spacial score (nSPS) is 14.9. The molecule has 5 nitrogen and oxygen atoms in total. The van der Waals surface area contributed by atoms with Crippen LogP contribution in [0.15, 0.2) is 60.7 Å². The quantitative estimate of drug-likeness (QED) is 0.712. The number of rotatable bonds is 6. The molecule has 0 aliphatic carbocycles. The number of piperazine rings is 1. The molecule has 2 aromatic rings. The van der Waals surface area contributed by atoms with Gasteiger partial charge < -0.3 is 9.80 Å². The Labute approximate surface area is 173 Å². The first kappa shape index (κ1) is 20.8. The monoisotopic (exact) mass is 391 g/mol. The SMILES string of the molecule is Cc1cccc(CN2CCN(C(=O)CN(C)C(=O)/C=C/c3ccccc3)CC2)c1. The predicted octanol–water partition coefficient (Wildman–Crippen LogP) is 2.81. The first-order valence-electron chi connectivity index (χ1n) is 10.0. The molecule has 3 rings (SSSR count). The molecule has 0 spiro atoms. The molecule has 0 unspecified atom stereocenters. The lowest BCUT2D eigenvalue weighted by Gasteiger charge is -2.35. The number of aryl methyl sites for hydroxylation is 1. The standard InChI is InChI=1S/C24H29N3O2/c1-20-7-6-10-22(17-20)18-26-13-15-27(16-14-26)24(29)19-25(2)23(28)12-11-21-8-4-3-5-9-21/h3-12,17H,13-16,18-19H2,1-2H3/b12-11+. The Balaban J connectivity index is 1.44. The Morgan fingerprint density at radius 1 is 1.00 bits per heavy atom. The van der Waals surface area contributed by atoms with Crippen LogP contribution < -0.4 is 0 Å². The van der Waals surface area contributed by atoms with Gasteiger partial charge in [-0.05, 0) is 24.1 Å². The molecule has 2 amide bonds. The van der Waals surface area contributed by atoms with Crippen LogP contribution in [0.1, 0.15) is 16.7 Å². The van der Waals surface area contributed by atoms with Gasteiger partial charge >= 0.3 is 0 Å².